The van der Waals surface area contributed by atoms with Gasteiger partial charge < -0.3 is 9.47 Å². The van der Waals surface area contributed by atoms with Crippen LogP contribution in [0.4, 0.5) is 13.2 Å². The van der Waals surface area contributed by atoms with E-state index in [1.54, 1.807) is 12.1 Å². The SMILES string of the molecule is C=C(OC)/C(F)=C1/Oc2c(cc(/C=C/C3CCC(CCC)CC3)c(F)c2F)CC1=C. The molecule has 2 nitrogen and oxygen atoms in total. The molecule has 5 heteroatoms. The summed E-state index contributed by atoms with van der Waals surface area (Å²) in [6.07, 6.45) is 10.8. The van der Waals surface area contributed by atoms with Crippen LogP contribution in [-0.2, 0) is 11.2 Å². The molecular weight excluding hydrogens is 389 g/mol. The van der Waals surface area contributed by atoms with Crippen molar-refractivity contribution in [3.8, 4) is 5.75 Å². The number of methoxy groups -OCH3 is 1. The van der Waals surface area contributed by atoms with Crippen LogP contribution in [0, 0.1) is 23.5 Å². The van der Waals surface area contributed by atoms with Gasteiger partial charge in [-0.05, 0) is 49.2 Å². The first-order valence-electron chi connectivity index (χ1n) is 10.5. The van der Waals surface area contributed by atoms with Crippen molar-refractivity contribution in [3.05, 3.63) is 71.0 Å². The molecule has 1 aromatic carbocycles. The molecule has 1 saturated carbocycles. The Morgan fingerprint density at radius 3 is 2.57 bits per heavy atom. The summed E-state index contributed by atoms with van der Waals surface area (Å²) in [5.74, 6) is -2.68. The second-order valence-electron chi connectivity index (χ2n) is 8.16. The maximum absolute atomic E-state index is 14.7. The Bertz CT molecular complexity index is 890. The third kappa shape index (κ3) is 4.66. The number of allylic oxidation sites excluding steroid dienone is 3. The highest BCUT2D eigenvalue weighted by Crippen LogP contribution is 2.39. The molecule has 1 heterocycles. The summed E-state index contributed by atoms with van der Waals surface area (Å²) in [5.41, 5.74) is 0.922. The van der Waals surface area contributed by atoms with Crippen LogP contribution in [0.5, 0.6) is 5.75 Å². The van der Waals surface area contributed by atoms with Crippen molar-refractivity contribution in [1.82, 2.24) is 0 Å². The van der Waals surface area contributed by atoms with Gasteiger partial charge >= 0.3 is 0 Å². The lowest BCUT2D eigenvalue weighted by Crippen LogP contribution is -2.15. The third-order valence-corrected chi connectivity index (χ3v) is 6.02. The first-order chi connectivity index (χ1) is 14.3. The second-order valence-corrected chi connectivity index (χ2v) is 8.16. The van der Waals surface area contributed by atoms with Gasteiger partial charge in [-0.2, -0.15) is 8.78 Å². The van der Waals surface area contributed by atoms with E-state index in [1.807, 2.05) is 6.08 Å². The molecule has 0 saturated heterocycles. The van der Waals surface area contributed by atoms with Crippen LogP contribution in [0.1, 0.15) is 56.6 Å². The molecule has 1 fully saturated rings. The molecule has 0 radical (unpaired) electrons. The lowest BCUT2D eigenvalue weighted by Gasteiger charge is -2.26. The fourth-order valence-electron chi connectivity index (χ4n) is 4.26. The summed E-state index contributed by atoms with van der Waals surface area (Å²) < 4.78 is 53.9. The minimum absolute atomic E-state index is 0.148. The van der Waals surface area contributed by atoms with Crippen molar-refractivity contribution >= 4 is 6.08 Å². The van der Waals surface area contributed by atoms with Crippen molar-refractivity contribution in [2.24, 2.45) is 11.8 Å². The van der Waals surface area contributed by atoms with Gasteiger partial charge in [0.2, 0.25) is 11.6 Å². The van der Waals surface area contributed by atoms with Crippen LogP contribution in [0.25, 0.3) is 6.08 Å². The average Bonchev–Trinajstić information content (AvgIpc) is 2.75. The highest BCUT2D eigenvalue weighted by Gasteiger charge is 2.29. The molecule has 30 heavy (non-hydrogen) atoms. The predicted molar refractivity (Wildman–Crippen MR) is 114 cm³/mol. The van der Waals surface area contributed by atoms with Crippen molar-refractivity contribution in [2.45, 2.75) is 51.9 Å². The monoisotopic (exact) mass is 418 g/mol. The van der Waals surface area contributed by atoms with E-state index in [2.05, 4.69) is 20.1 Å². The highest BCUT2D eigenvalue weighted by atomic mass is 19.2. The fraction of sp³-hybridized carbons (Fsp3) is 0.440. The van der Waals surface area contributed by atoms with E-state index < -0.39 is 17.5 Å². The number of hydrogen-bond acceptors (Lipinski definition) is 2. The molecule has 0 unspecified atom stereocenters. The Hall–Kier alpha value is -2.43. The van der Waals surface area contributed by atoms with Crippen molar-refractivity contribution in [1.29, 1.82) is 0 Å². The molecule has 0 spiro atoms. The average molecular weight is 418 g/mol. The van der Waals surface area contributed by atoms with E-state index in [4.69, 9.17) is 9.47 Å². The summed E-state index contributed by atoms with van der Waals surface area (Å²) in [4.78, 5) is 0. The number of fused-ring (bicyclic) bond motifs is 1. The molecular formula is C25H29F3O2. The topological polar surface area (TPSA) is 18.5 Å². The van der Waals surface area contributed by atoms with Crippen LogP contribution in [0.15, 0.2) is 48.2 Å². The maximum atomic E-state index is 14.7. The lowest BCUT2D eigenvalue weighted by atomic mass is 9.80. The van der Waals surface area contributed by atoms with Crippen molar-refractivity contribution in [2.75, 3.05) is 7.11 Å². The molecule has 0 atom stereocenters. The Kier molecular flexibility index (Phi) is 7.11. The van der Waals surface area contributed by atoms with Gasteiger partial charge in [0.15, 0.2) is 23.1 Å². The Labute approximate surface area is 176 Å². The van der Waals surface area contributed by atoms with Gasteiger partial charge in [0.05, 0.1) is 7.11 Å². The second kappa shape index (κ2) is 9.59. The Balaban J connectivity index is 1.81. The lowest BCUT2D eigenvalue weighted by molar-refractivity contribution is 0.272. The van der Waals surface area contributed by atoms with Crippen LogP contribution >= 0.6 is 0 Å². The highest BCUT2D eigenvalue weighted by molar-refractivity contribution is 5.58. The number of ether oxygens (including phenoxy) is 2. The van der Waals surface area contributed by atoms with E-state index in [-0.39, 0.29) is 29.3 Å². The molecule has 1 aliphatic heterocycles. The van der Waals surface area contributed by atoms with E-state index in [0.717, 1.165) is 18.8 Å². The van der Waals surface area contributed by atoms with Gasteiger partial charge in [-0.3, -0.25) is 0 Å². The number of halogens is 3. The summed E-state index contributed by atoms with van der Waals surface area (Å²) in [5, 5.41) is 0. The van der Waals surface area contributed by atoms with Crippen LogP contribution in [-0.4, -0.2) is 7.11 Å². The predicted octanol–water partition coefficient (Wildman–Crippen LogP) is 7.42. The van der Waals surface area contributed by atoms with Crippen molar-refractivity contribution in [3.63, 3.8) is 0 Å². The summed E-state index contributed by atoms with van der Waals surface area (Å²) >= 11 is 0. The van der Waals surface area contributed by atoms with Gasteiger partial charge in [0, 0.05) is 17.5 Å². The molecule has 2 aliphatic rings. The van der Waals surface area contributed by atoms with E-state index >= 15 is 0 Å². The minimum atomic E-state index is -1.13. The van der Waals surface area contributed by atoms with Gasteiger partial charge in [-0.25, -0.2) is 4.39 Å². The van der Waals surface area contributed by atoms with E-state index in [0.29, 0.717) is 17.1 Å². The van der Waals surface area contributed by atoms with Gasteiger partial charge in [-0.1, -0.05) is 45.1 Å². The Morgan fingerprint density at radius 1 is 1.23 bits per heavy atom. The largest absolute Gasteiger partial charge is 0.494 e. The third-order valence-electron chi connectivity index (χ3n) is 6.02. The van der Waals surface area contributed by atoms with E-state index in [9.17, 15) is 13.2 Å². The Morgan fingerprint density at radius 2 is 1.93 bits per heavy atom. The molecule has 0 aromatic heterocycles. The zero-order chi connectivity index (χ0) is 21.8. The zero-order valence-electron chi connectivity index (χ0n) is 17.7. The number of benzene rings is 1. The molecule has 0 bridgehead atoms. The number of rotatable bonds is 6. The minimum Gasteiger partial charge on any atom is -0.494 e. The van der Waals surface area contributed by atoms with Crippen molar-refractivity contribution < 1.29 is 22.6 Å². The van der Waals surface area contributed by atoms with Gasteiger partial charge in [0.1, 0.15) is 0 Å². The first kappa shape index (κ1) is 22.3. The number of hydrogen-bond donors (Lipinski definition) is 0. The smallest absolute Gasteiger partial charge is 0.207 e. The van der Waals surface area contributed by atoms with Crippen LogP contribution in [0.2, 0.25) is 0 Å². The molecule has 162 valence electrons. The standard InChI is InChI=1S/C25H29F3O2/c1-5-6-17-7-9-18(10-8-17)11-12-19-14-20-13-15(2)24(21(26)16(3)29-4)30-25(20)23(28)22(19)27/h11-12,14,17-18H,2-3,5-10,13H2,1,4H3/b12-11+,24-21-. The quantitative estimate of drug-likeness (QED) is 0.448. The maximum Gasteiger partial charge on any atom is 0.207 e. The van der Waals surface area contributed by atoms with Gasteiger partial charge in [0.25, 0.3) is 0 Å². The molecule has 1 aliphatic carbocycles. The molecule has 1 aromatic rings. The molecule has 0 amide bonds. The zero-order valence-corrected chi connectivity index (χ0v) is 17.7. The van der Waals surface area contributed by atoms with Crippen LogP contribution < -0.4 is 4.74 Å². The molecule has 0 N–H and O–H groups in total. The first-order valence-corrected chi connectivity index (χ1v) is 10.5. The van der Waals surface area contributed by atoms with E-state index in [1.165, 1.54) is 32.8 Å². The normalized spacial score (nSPS) is 23.2. The molecule has 3 rings (SSSR count). The summed E-state index contributed by atoms with van der Waals surface area (Å²) in [6.45, 7) is 9.43. The van der Waals surface area contributed by atoms with Gasteiger partial charge in [-0.15, -0.1) is 0 Å². The summed E-state index contributed by atoms with van der Waals surface area (Å²) in [7, 11) is 1.26. The summed E-state index contributed by atoms with van der Waals surface area (Å²) in [6, 6.07) is 1.55. The fourth-order valence-corrected chi connectivity index (χ4v) is 4.26. The van der Waals surface area contributed by atoms with Crippen LogP contribution in [0.3, 0.4) is 0 Å².